The first kappa shape index (κ1) is 18.7. The van der Waals surface area contributed by atoms with Crippen LogP contribution >= 0.6 is 0 Å². The average molecular weight is 415 g/mol. The highest BCUT2D eigenvalue weighted by Gasteiger charge is 2.17. The van der Waals surface area contributed by atoms with Crippen LogP contribution in [0.4, 0.5) is 6.01 Å². The van der Waals surface area contributed by atoms with Crippen LogP contribution < -0.4 is 19.5 Å². The second-order valence-corrected chi connectivity index (χ2v) is 6.67. The first-order valence-corrected chi connectivity index (χ1v) is 9.62. The third kappa shape index (κ3) is 4.18. The zero-order valence-electron chi connectivity index (χ0n) is 16.3. The van der Waals surface area contributed by atoms with Crippen LogP contribution in [-0.2, 0) is 0 Å². The van der Waals surface area contributed by atoms with Crippen molar-refractivity contribution in [2.45, 2.75) is 0 Å². The molecule has 0 radical (unpaired) electrons. The number of nitrogens with one attached hydrogen (secondary N) is 1. The molecular formula is C23H17N3O5. The number of nitrogens with zero attached hydrogens (tertiary/aromatic N) is 2. The molecule has 0 spiro atoms. The molecule has 0 aliphatic carbocycles. The summed E-state index contributed by atoms with van der Waals surface area (Å²) >= 11 is 0. The van der Waals surface area contributed by atoms with Crippen molar-refractivity contribution < 1.29 is 23.4 Å². The summed E-state index contributed by atoms with van der Waals surface area (Å²) in [5.74, 6) is 2.37. The number of amides is 1. The molecule has 154 valence electrons. The van der Waals surface area contributed by atoms with Gasteiger partial charge in [0.15, 0.2) is 11.5 Å². The number of para-hydroxylation sites is 1. The summed E-state index contributed by atoms with van der Waals surface area (Å²) in [5, 5.41) is 10.5. The summed E-state index contributed by atoms with van der Waals surface area (Å²) in [5.41, 5.74) is 1.06. The predicted octanol–water partition coefficient (Wildman–Crippen LogP) is 4.55. The SMILES string of the molecule is O=C(Nc1nnc(-c2ccc3c(c2)OCCO3)o1)c1cccc(Oc2ccccc2)c1. The number of ether oxygens (including phenoxy) is 3. The molecule has 5 rings (SSSR count). The molecule has 0 fully saturated rings. The molecule has 1 N–H and O–H groups in total. The van der Waals surface area contributed by atoms with Crippen molar-refractivity contribution in [3.8, 4) is 34.5 Å². The van der Waals surface area contributed by atoms with Gasteiger partial charge in [0.1, 0.15) is 24.7 Å². The summed E-state index contributed by atoms with van der Waals surface area (Å²) < 4.78 is 22.5. The minimum Gasteiger partial charge on any atom is -0.486 e. The van der Waals surface area contributed by atoms with Gasteiger partial charge in [-0.1, -0.05) is 29.4 Å². The topological polar surface area (TPSA) is 95.7 Å². The number of rotatable bonds is 5. The van der Waals surface area contributed by atoms with Gasteiger partial charge in [-0.3, -0.25) is 10.1 Å². The molecule has 1 aromatic heterocycles. The largest absolute Gasteiger partial charge is 0.486 e. The van der Waals surface area contributed by atoms with Crippen LogP contribution in [-0.4, -0.2) is 29.3 Å². The van der Waals surface area contributed by atoms with Crippen LogP contribution in [0.15, 0.2) is 77.2 Å². The van der Waals surface area contributed by atoms with Gasteiger partial charge in [-0.05, 0) is 48.5 Å². The molecule has 0 atom stereocenters. The molecule has 0 bridgehead atoms. The molecular weight excluding hydrogens is 398 g/mol. The predicted molar refractivity (Wildman–Crippen MR) is 112 cm³/mol. The lowest BCUT2D eigenvalue weighted by Crippen LogP contribution is -2.15. The summed E-state index contributed by atoms with van der Waals surface area (Å²) in [4.78, 5) is 12.6. The molecule has 2 heterocycles. The van der Waals surface area contributed by atoms with E-state index in [-0.39, 0.29) is 11.9 Å². The van der Waals surface area contributed by atoms with E-state index in [1.54, 1.807) is 42.5 Å². The summed E-state index contributed by atoms with van der Waals surface area (Å²) in [6.07, 6.45) is 0. The summed E-state index contributed by atoms with van der Waals surface area (Å²) in [6, 6.07) is 21.5. The van der Waals surface area contributed by atoms with Gasteiger partial charge in [0.2, 0.25) is 5.89 Å². The third-order valence-electron chi connectivity index (χ3n) is 4.51. The number of hydrogen-bond donors (Lipinski definition) is 1. The number of benzene rings is 3. The second kappa shape index (κ2) is 8.19. The van der Waals surface area contributed by atoms with Gasteiger partial charge in [-0.15, -0.1) is 5.10 Å². The average Bonchev–Trinajstić information content (AvgIpc) is 3.28. The molecule has 1 aliphatic rings. The van der Waals surface area contributed by atoms with Crippen LogP contribution in [0, 0.1) is 0 Å². The number of aromatic nitrogens is 2. The highest BCUT2D eigenvalue weighted by atomic mass is 16.6. The lowest BCUT2D eigenvalue weighted by molar-refractivity contribution is 0.102. The number of anilines is 1. The number of carbonyl (C=O) groups excluding carboxylic acids is 1. The Balaban J connectivity index is 1.29. The fourth-order valence-electron chi connectivity index (χ4n) is 3.06. The molecule has 8 nitrogen and oxygen atoms in total. The maximum atomic E-state index is 12.6. The van der Waals surface area contributed by atoms with E-state index in [0.29, 0.717) is 47.3 Å². The Kier molecular flexibility index (Phi) is 4.94. The van der Waals surface area contributed by atoms with Gasteiger partial charge in [-0.25, -0.2) is 0 Å². The van der Waals surface area contributed by atoms with Crippen molar-refractivity contribution in [2.24, 2.45) is 0 Å². The standard InChI is InChI=1S/C23H17N3O5/c27-21(15-5-4-8-18(13-15)30-17-6-2-1-3-7-17)24-23-26-25-22(31-23)16-9-10-19-20(14-16)29-12-11-28-19/h1-10,13-14H,11-12H2,(H,24,26,27). The molecule has 4 aromatic rings. The van der Waals surface area contributed by atoms with Crippen molar-refractivity contribution in [3.63, 3.8) is 0 Å². The number of carbonyl (C=O) groups is 1. The Bertz CT molecular complexity index is 1220. The molecule has 0 unspecified atom stereocenters. The fourth-order valence-corrected chi connectivity index (χ4v) is 3.06. The van der Waals surface area contributed by atoms with Gasteiger partial charge >= 0.3 is 6.01 Å². The van der Waals surface area contributed by atoms with E-state index in [1.807, 2.05) is 30.3 Å². The Labute approximate surface area is 177 Å². The third-order valence-corrected chi connectivity index (χ3v) is 4.51. The Hall–Kier alpha value is -4.33. The normalized spacial score (nSPS) is 12.3. The van der Waals surface area contributed by atoms with E-state index in [9.17, 15) is 4.79 Å². The molecule has 31 heavy (non-hydrogen) atoms. The highest BCUT2D eigenvalue weighted by molar-refractivity contribution is 6.03. The Morgan fingerprint density at radius 1 is 0.839 bits per heavy atom. The van der Waals surface area contributed by atoms with Crippen molar-refractivity contribution in [1.82, 2.24) is 10.2 Å². The number of fused-ring (bicyclic) bond motifs is 1. The minimum absolute atomic E-state index is 0.00994. The van der Waals surface area contributed by atoms with Gasteiger partial charge in [0.25, 0.3) is 5.91 Å². The molecule has 0 saturated carbocycles. The van der Waals surface area contributed by atoms with Gasteiger partial charge in [0.05, 0.1) is 0 Å². The smallest absolute Gasteiger partial charge is 0.322 e. The van der Waals surface area contributed by atoms with E-state index in [2.05, 4.69) is 15.5 Å². The van der Waals surface area contributed by atoms with Gasteiger partial charge < -0.3 is 18.6 Å². The molecule has 1 amide bonds. The second-order valence-electron chi connectivity index (χ2n) is 6.67. The minimum atomic E-state index is -0.393. The molecule has 8 heteroatoms. The van der Waals surface area contributed by atoms with Crippen molar-refractivity contribution in [3.05, 3.63) is 78.4 Å². The van der Waals surface area contributed by atoms with Crippen LogP contribution in [0.5, 0.6) is 23.0 Å². The van der Waals surface area contributed by atoms with Crippen LogP contribution in [0.1, 0.15) is 10.4 Å². The van der Waals surface area contributed by atoms with Crippen molar-refractivity contribution in [2.75, 3.05) is 18.5 Å². The molecule has 3 aromatic carbocycles. The molecule has 0 saturated heterocycles. The zero-order valence-corrected chi connectivity index (χ0v) is 16.3. The van der Waals surface area contributed by atoms with Crippen molar-refractivity contribution in [1.29, 1.82) is 0 Å². The fraction of sp³-hybridized carbons (Fsp3) is 0.0870. The first-order chi connectivity index (χ1) is 15.2. The lowest BCUT2D eigenvalue weighted by Gasteiger charge is -2.18. The first-order valence-electron chi connectivity index (χ1n) is 9.62. The van der Waals surface area contributed by atoms with E-state index >= 15 is 0 Å². The quantitative estimate of drug-likeness (QED) is 0.511. The van der Waals surface area contributed by atoms with Gasteiger partial charge in [-0.2, -0.15) is 0 Å². The van der Waals surface area contributed by atoms with Crippen molar-refractivity contribution >= 4 is 11.9 Å². The maximum absolute atomic E-state index is 12.6. The van der Waals surface area contributed by atoms with Crippen LogP contribution in [0.25, 0.3) is 11.5 Å². The number of hydrogen-bond acceptors (Lipinski definition) is 7. The Morgan fingerprint density at radius 2 is 1.65 bits per heavy atom. The maximum Gasteiger partial charge on any atom is 0.322 e. The van der Waals surface area contributed by atoms with E-state index < -0.39 is 5.91 Å². The van der Waals surface area contributed by atoms with E-state index in [4.69, 9.17) is 18.6 Å². The lowest BCUT2D eigenvalue weighted by atomic mass is 10.2. The monoisotopic (exact) mass is 415 g/mol. The van der Waals surface area contributed by atoms with E-state index in [0.717, 1.165) is 0 Å². The van der Waals surface area contributed by atoms with E-state index in [1.165, 1.54) is 0 Å². The van der Waals surface area contributed by atoms with Crippen LogP contribution in [0.2, 0.25) is 0 Å². The Morgan fingerprint density at radius 3 is 2.52 bits per heavy atom. The summed E-state index contributed by atoms with van der Waals surface area (Å²) in [6.45, 7) is 0.995. The van der Waals surface area contributed by atoms with Gasteiger partial charge in [0, 0.05) is 11.1 Å². The molecule has 1 aliphatic heterocycles. The summed E-state index contributed by atoms with van der Waals surface area (Å²) in [7, 11) is 0. The zero-order chi connectivity index (χ0) is 21.0. The highest BCUT2D eigenvalue weighted by Crippen LogP contribution is 2.34. The van der Waals surface area contributed by atoms with Crippen LogP contribution in [0.3, 0.4) is 0 Å².